The van der Waals surface area contributed by atoms with Gasteiger partial charge >= 0.3 is 5.97 Å². The zero-order valence-electron chi connectivity index (χ0n) is 10.5. The van der Waals surface area contributed by atoms with E-state index in [4.69, 9.17) is 5.11 Å². The van der Waals surface area contributed by atoms with Crippen molar-refractivity contribution in [1.29, 1.82) is 0 Å². The molecule has 94 valence electrons. The molecule has 0 spiro atoms. The average Bonchev–Trinajstić information content (AvgIpc) is 2.78. The fourth-order valence-corrected chi connectivity index (χ4v) is 2.67. The third-order valence-electron chi connectivity index (χ3n) is 3.73. The summed E-state index contributed by atoms with van der Waals surface area (Å²) in [6.45, 7) is 4.33. The van der Waals surface area contributed by atoms with Crippen LogP contribution in [-0.2, 0) is 4.79 Å². The lowest BCUT2D eigenvalue weighted by Gasteiger charge is -2.29. The Balaban J connectivity index is 2.05. The van der Waals surface area contributed by atoms with Crippen molar-refractivity contribution >= 4 is 5.97 Å². The maximum atomic E-state index is 10.9. The Morgan fingerprint density at radius 2 is 2.06 bits per heavy atom. The molecule has 1 heterocycles. The van der Waals surface area contributed by atoms with Crippen molar-refractivity contribution in [2.75, 3.05) is 0 Å². The number of rotatable bonds is 3. The van der Waals surface area contributed by atoms with Gasteiger partial charge in [-0.3, -0.25) is 4.79 Å². The van der Waals surface area contributed by atoms with E-state index in [-0.39, 0.29) is 5.92 Å². The molecule has 1 aliphatic rings. The van der Waals surface area contributed by atoms with Gasteiger partial charge in [-0.15, -0.1) is 0 Å². The summed E-state index contributed by atoms with van der Waals surface area (Å²) in [7, 11) is 0. The van der Waals surface area contributed by atoms with E-state index in [1.54, 1.807) is 0 Å². The molecule has 4 nitrogen and oxygen atoms in total. The number of carboxylic acid groups (broad SMARTS) is 1. The van der Waals surface area contributed by atoms with Crippen LogP contribution in [0.2, 0.25) is 0 Å². The van der Waals surface area contributed by atoms with Gasteiger partial charge in [-0.25, -0.2) is 4.98 Å². The second-order valence-corrected chi connectivity index (χ2v) is 5.22. The molecule has 1 aromatic heterocycles. The molecule has 0 bridgehead atoms. The molecular formula is C13H20N2O2. The molecule has 1 N–H and O–H groups in total. The van der Waals surface area contributed by atoms with Crippen LogP contribution >= 0.6 is 0 Å². The molecule has 0 saturated heterocycles. The van der Waals surface area contributed by atoms with Crippen LogP contribution in [-0.4, -0.2) is 20.6 Å². The molecule has 1 fully saturated rings. The maximum absolute atomic E-state index is 10.9. The third-order valence-corrected chi connectivity index (χ3v) is 3.73. The molecule has 1 aromatic rings. The molecular weight excluding hydrogens is 216 g/mol. The number of imidazole rings is 1. The number of hydrogen-bond donors (Lipinski definition) is 1. The van der Waals surface area contributed by atoms with Crippen molar-refractivity contribution < 1.29 is 9.90 Å². The van der Waals surface area contributed by atoms with Crippen molar-refractivity contribution in [2.45, 2.75) is 51.5 Å². The van der Waals surface area contributed by atoms with Crippen LogP contribution in [0, 0.1) is 5.92 Å². The van der Waals surface area contributed by atoms with Gasteiger partial charge in [-0.1, -0.05) is 13.8 Å². The number of carbonyl (C=O) groups is 1. The largest absolute Gasteiger partial charge is 0.481 e. The SMILES string of the molecule is CC(C)c1cncn1C1CCC(C(=O)O)CC1. The fraction of sp³-hybridized carbons (Fsp3) is 0.692. The van der Waals surface area contributed by atoms with Crippen molar-refractivity contribution in [1.82, 2.24) is 9.55 Å². The van der Waals surface area contributed by atoms with E-state index in [2.05, 4.69) is 23.4 Å². The number of carboxylic acids is 1. The molecule has 0 unspecified atom stereocenters. The molecule has 17 heavy (non-hydrogen) atoms. The Kier molecular flexibility index (Phi) is 3.50. The van der Waals surface area contributed by atoms with Gasteiger partial charge in [0.2, 0.25) is 0 Å². The first-order valence-corrected chi connectivity index (χ1v) is 6.34. The molecule has 0 radical (unpaired) electrons. The van der Waals surface area contributed by atoms with Crippen molar-refractivity contribution in [3.63, 3.8) is 0 Å². The summed E-state index contributed by atoms with van der Waals surface area (Å²) in [5, 5.41) is 8.98. The Morgan fingerprint density at radius 3 is 2.59 bits per heavy atom. The number of aliphatic carboxylic acids is 1. The zero-order valence-corrected chi connectivity index (χ0v) is 10.5. The van der Waals surface area contributed by atoms with Crippen LogP contribution in [0.15, 0.2) is 12.5 Å². The molecule has 1 saturated carbocycles. The minimum atomic E-state index is -0.641. The van der Waals surface area contributed by atoms with E-state index in [1.165, 1.54) is 5.69 Å². The van der Waals surface area contributed by atoms with E-state index in [1.807, 2.05) is 12.5 Å². The molecule has 0 aromatic carbocycles. The van der Waals surface area contributed by atoms with Crippen LogP contribution in [0.4, 0.5) is 0 Å². The van der Waals surface area contributed by atoms with Crippen molar-refractivity contribution in [3.05, 3.63) is 18.2 Å². The van der Waals surface area contributed by atoms with Crippen LogP contribution in [0.25, 0.3) is 0 Å². The van der Waals surface area contributed by atoms with Gasteiger partial charge in [-0.05, 0) is 31.6 Å². The topological polar surface area (TPSA) is 55.1 Å². The lowest BCUT2D eigenvalue weighted by atomic mass is 9.86. The zero-order chi connectivity index (χ0) is 12.4. The summed E-state index contributed by atoms with van der Waals surface area (Å²) in [6, 6.07) is 0.436. The predicted octanol–water partition coefficient (Wildman–Crippen LogP) is 2.82. The van der Waals surface area contributed by atoms with Crippen LogP contribution in [0.3, 0.4) is 0 Å². The molecule has 2 rings (SSSR count). The smallest absolute Gasteiger partial charge is 0.306 e. The monoisotopic (exact) mass is 236 g/mol. The highest BCUT2D eigenvalue weighted by Crippen LogP contribution is 2.34. The second-order valence-electron chi connectivity index (χ2n) is 5.22. The van der Waals surface area contributed by atoms with Gasteiger partial charge < -0.3 is 9.67 Å². The van der Waals surface area contributed by atoms with Gasteiger partial charge in [0.25, 0.3) is 0 Å². The predicted molar refractivity (Wildman–Crippen MR) is 64.9 cm³/mol. The number of hydrogen-bond acceptors (Lipinski definition) is 2. The van der Waals surface area contributed by atoms with Gasteiger partial charge in [0.05, 0.1) is 12.2 Å². The average molecular weight is 236 g/mol. The molecule has 0 atom stereocenters. The molecule has 1 aliphatic carbocycles. The first kappa shape index (κ1) is 12.1. The second kappa shape index (κ2) is 4.90. The van der Waals surface area contributed by atoms with Gasteiger partial charge in [-0.2, -0.15) is 0 Å². The highest BCUT2D eigenvalue weighted by molar-refractivity contribution is 5.70. The summed E-state index contributed by atoms with van der Waals surface area (Å²) < 4.78 is 2.24. The van der Waals surface area contributed by atoms with E-state index >= 15 is 0 Å². The van der Waals surface area contributed by atoms with Crippen LogP contribution in [0.1, 0.15) is 57.2 Å². The van der Waals surface area contributed by atoms with Crippen molar-refractivity contribution in [3.8, 4) is 0 Å². The first-order chi connectivity index (χ1) is 8.09. The summed E-state index contributed by atoms with van der Waals surface area (Å²) in [4.78, 5) is 15.1. The summed E-state index contributed by atoms with van der Waals surface area (Å²) in [6.07, 6.45) is 7.29. The first-order valence-electron chi connectivity index (χ1n) is 6.34. The quantitative estimate of drug-likeness (QED) is 0.878. The summed E-state index contributed by atoms with van der Waals surface area (Å²) in [5.41, 5.74) is 1.25. The number of nitrogens with zero attached hydrogens (tertiary/aromatic N) is 2. The summed E-state index contributed by atoms with van der Waals surface area (Å²) in [5.74, 6) is -0.315. The minimum Gasteiger partial charge on any atom is -0.481 e. The van der Waals surface area contributed by atoms with E-state index < -0.39 is 5.97 Å². The Bertz CT molecular complexity index is 390. The van der Waals surface area contributed by atoms with E-state index in [9.17, 15) is 4.79 Å². The molecule has 4 heteroatoms. The van der Waals surface area contributed by atoms with Crippen LogP contribution < -0.4 is 0 Å². The molecule has 0 amide bonds. The third kappa shape index (κ3) is 2.51. The normalized spacial score (nSPS) is 25.1. The molecule has 0 aliphatic heterocycles. The van der Waals surface area contributed by atoms with E-state index in [0.29, 0.717) is 12.0 Å². The van der Waals surface area contributed by atoms with Gasteiger partial charge in [0.15, 0.2) is 0 Å². The Labute approximate surface area is 102 Å². The highest BCUT2D eigenvalue weighted by Gasteiger charge is 2.27. The van der Waals surface area contributed by atoms with E-state index in [0.717, 1.165) is 25.7 Å². The lowest BCUT2D eigenvalue weighted by molar-refractivity contribution is -0.143. The maximum Gasteiger partial charge on any atom is 0.306 e. The standard InChI is InChI=1S/C13H20N2O2/c1-9(2)12-7-14-8-15(12)11-5-3-10(4-6-11)13(16)17/h7-11H,3-6H2,1-2H3,(H,16,17). The van der Waals surface area contributed by atoms with Crippen molar-refractivity contribution in [2.24, 2.45) is 5.92 Å². The fourth-order valence-electron chi connectivity index (χ4n) is 2.67. The minimum absolute atomic E-state index is 0.141. The van der Waals surface area contributed by atoms with Crippen LogP contribution in [0.5, 0.6) is 0 Å². The van der Waals surface area contributed by atoms with Gasteiger partial charge in [0, 0.05) is 17.9 Å². The Morgan fingerprint density at radius 1 is 1.41 bits per heavy atom. The lowest BCUT2D eigenvalue weighted by Crippen LogP contribution is -2.24. The Hall–Kier alpha value is -1.32. The summed E-state index contributed by atoms with van der Waals surface area (Å²) >= 11 is 0. The highest BCUT2D eigenvalue weighted by atomic mass is 16.4. The van der Waals surface area contributed by atoms with Gasteiger partial charge in [0.1, 0.15) is 0 Å². The number of aromatic nitrogens is 2.